The lowest BCUT2D eigenvalue weighted by molar-refractivity contribution is 0.102. The van der Waals surface area contributed by atoms with Crippen LogP contribution in [0.5, 0.6) is 0 Å². The molecule has 0 saturated heterocycles. The Morgan fingerprint density at radius 2 is 2.18 bits per heavy atom. The van der Waals surface area contributed by atoms with Gasteiger partial charge in [0.05, 0.1) is 17.7 Å². The van der Waals surface area contributed by atoms with Crippen LogP contribution in [0.25, 0.3) is 22.4 Å². The molecular formula is C19H15FN6O2. The first-order chi connectivity index (χ1) is 13.6. The molecule has 4 aromatic rings. The summed E-state index contributed by atoms with van der Waals surface area (Å²) in [5.74, 6) is 0.0957. The van der Waals surface area contributed by atoms with Crippen LogP contribution in [0.1, 0.15) is 34.2 Å². The van der Waals surface area contributed by atoms with Crippen molar-refractivity contribution in [1.29, 1.82) is 0 Å². The lowest BCUT2D eigenvalue weighted by Gasteiger charge is -2.09. The average Bonchev–Trinajstić information content (AvgIpc) is 3.11. The number of hydrogen-bond acceptors (Lipinski definition) is 6. The summed E-state index contributed by atoms with van der Waals surface area (Å²) in [6, 6.07) is 7.17. The van der Waals surface area contributed by atoms with E-state index in [0.29, 0.717) is 40.6 Å². The number of aromatic nitrogens is 5. The second kappa shape index (κ2) is 6.22. The number of carbonyl (C=O) groups excluding carboxylic acids is 1. The van der Waals surface area contributed by atoms with Crippen molar-refractivity contribution < 1.29 is 13.7 Å². The van der Waals surface area contributed by atoms with Crippen molar-refractivity contribution >= 4 is 22.6 Å². The lowest BCUT2D eigenvalue weighted by Crippen LogP contribution is -2.13. The Balaban J connectivity index is 1.40. The summed E-state index contributed by atoms with van der Waals surface area (Å²) in [6.07, 6.45) is 2.62. The van der Waals surface area contributed by atoms with Gasteiger partial charge in [-0.05, 0) is 31.0 Å². The van der Waals surface area contributed by atoms with Crippen molar-refractivity contribution in [2.24, 2.45) is 0 Å². The molecule has 1 amide bonds. The number of nitrogens with zero attached hydrogens (tertiary/aromatic N) is 4. The summed E-state index contributed by atoms with van der Waals surface area (Å²) in [5, 5.41) is 14.2. The molecule has 0 bridgehead atoms. The van der Waals surface area contributed by atoms with Crippen LogP contribution in [-0.4, -0.2) is 37.4 Å². The van der Waals surface area contributed by atoms with E-state index in [1.54, 1.807) is 18.3 Å². The Bertz CT molecular complexity index is 1200. The van der Waals surface area contributed by atoms with Crippen LogP contribution in [0.4, 0.5) is 10.1 Å². The zero-order valence-corrected chi connectivity index (χ0v) is 14.8. The highest BCUT2D eigenvalue weighted by atomic mass is 19.1. The average molecular weight is 378 g/mol. The normalized spacial score (nSPS) is 18.4. The smallest absolute Gasteiger partial charge is 0.257 e. The summed E-state index contributed by atoms with van der Waals surface area (Å²) < 4.78 is 18.3. The van der Waals surface area contributed by atoms with Gasteiger partial charge in [-0.1, -0.05) is 17.3 Å². The summed E-state index contributed by atoms with van der Waals surface area (Å²) in [7, 11) is 0. The first-order valence-corrected chi connectivity index (χ1v) is 8.77. The molecule has 2 N–H and O–H groups in total. The molecular weight excluding hydrogens is 363 g/mol. The van der Waals surface area contributed by atoms with Crippen LogP contribution in [0, 0.1) is 6.92 Å². The third-order valence-corrected chi connectivity index (χ3v) is 4.77. The van der Waals surface area contributed by atoms with Crippen LogP contribution < -0.4 is 5.32 Å². The van der Waals surface area contributed by atoms with Crippen LogP contribution in [0.3, 0.4) is 0 Å². The highest BCUT2D eigenvalue weighted by Gasteiger charge is 2.43. The third-order valence-electron chi connectivity index (χ3n) is 4.77. The van der Waals surface area contributed by atoms with Crippen molar-refractivity contribution in [2.45, 2.75) is 25.4 Å². The number of H-pyrrole nitrogens is 1. The van der Waals surface area contributed by atoms with Gasteiger partial charge in [-0.3, -0.25) is 9.89 Å². The third kappa shape index (κ3) is 2.90. The Hall–Kier alpha value is -3.62. The van der Waals surface area contributed by atoms with E-state index in [9.17, 15) is 9.18 Å². The fourth-order valence-electron chi connectivity index (χ4n) is 2.97. The minimum Gasteiger partial charge on any atom is -0.339 e. The number of carbonyl (C=O) groups is 1. The largest absolute Gasteiger partial charge is 0.339 e. The molecule has 1 fully saturated rings. The molecule has 0 radical (unpaired) electrons. The minimum atomic E-state index is -0.901. The first-order valence-electron chi connectivity index (χ1n) is 8.77. The molecule has 3 heterocycles. The van der Waals surface area contributed by atoms with E-state index in [1.165, 1.54) is 6.20 Å². The minimum absolute atomic E-state index is 0.289. The van der Waals surface area contributed by atoms with Crippen molar-refractivity contribution in [2.75, 3.05) is 5.32 Å². The maximum absolute atomic E-state index is 13.2. The highest BCUT2D eigenvalue weighted by Crippen LogP contribution is 2.43. The van der Waals surface area contributed by atoms with E-state index in [0.717, 1.165) is 10.9 Å². The van der Waals surface area contributed by atoms with Crippen LogP contribution >= 0.6 is 0 Å². The second-order valence-corrected chi connectivity index (χ2v) is 6.83. The summed E-state index contributed by atoms with van der Waals surface area (Å²) in [6.45, 7) is 1.89. The number of alkyl halides is 1. The van der Waals surface area contributed by atoms with Crippen LogP contribution in [0.15, 0.2) is 41.2 Å². The van der Waals surface area contributed by atoms with E-state index < -0.39 is 6.17 Å². The van der Waals surface area contributed by atoms with Crippen molar-refractivity contribution in [3.63, 3.8) is 0 Å². The van der Waals surface area contributed by atoms with Gasteiger partial charge in [-0.25, -0.2) is 9.37 Å². The number of halogens is 1. The second-order valence-electron chi connectivity index (χ2n) is 6.83. The Morgan fingerprint density at radius 1 is 1.32 bits per heavy atom. The number of benzene rings is 1. The van der Waals surface area contributed by atoms with Gasteiger partial charge in [-0.15, -0.1) is 0 Å². The maximum Gasteiger partial charge on any atom is 0.257 e. The number of nitrogens with one attached hydrogen (secondary N) is 2. The fourth-order valence-corrected chi connectivity index (χ4v) is 2.97. The number of aromatic amines is 1. The van der Waals surface area contributed by atoms with E-state index >= 15 is 0 Å². The molecule has 0 aliphatic heterocycles. The SMILES string of the molecule is Cc1ccc(-c2noc([C@H]3C[C@@H]3F)n2)cc1NC(=O)c1cnc2[nH]ncc2c1. The van der Waals surface area contributed by atoms with Gasteiger partial charge in [0.15, 0.2) is 5.65 Å². The van der Waals surface area contributed by atoms with Gasteiger partial charge in [0.1, 0.15) is 6.17 Å². The molecule has 2 atom stereocenters. The molecule has 1 aromatic carbocycles. The van der Waals surface area contributed by atoms with E-state index in [2.05, 4.69) is 30.6 Å². The Labute approximate surface area is 158 Å². The predicted molar refractivity (Wildman–Crippen MR) is 98.6 cm³/mol. The van der Waals surface area contributed by atoms with Crippen molar-refractivity contribution in [3.8, 4) is 11.4 Å². The number of anilines is 1. The van der Waals surface area contributed by atoms with E-state index in [-0.39, 0.29) is 11.8 Å². The highest BCUT2D eigenvalue weighted by molar-refractivity contribution is 6.06. The molecule has 0 unspecified atom stereocenters. The van der Waals surface area contributed by atoms with Crippen LogP contribution in [-0.2, 0) is 0 Å². The molecule has 28 heavy (non-hydrogen) atoms. The number of hydrogen-bond donors (Lipinski definition) is 2. The van der Waals surface area contributed by atoms with Gasteiger partial charge in [-0.2, -0.15) is 10.1 Å². The monoisotopic (exact) mass is 378 g/mol. The molecule has 1 aliphatic rings. The summed E-state index contributed by atoms with van der Waals surface area (Å²) in [5.41, 5.74) is 3.22. The van der Waals surface area contributed by atoms with Gasteiger partial charge in [0, 0.05) is 22.8 Å². The number of rotatable bonds is 4. The number of aryl methyl sites for hydroxylation is 1. The maximum atomic E-state index is 13.2. The molecule has 3 aromatic heterocycles. The molecule has 140 valence electrons. The predicted octanol–water partition coefficient (Wildman–Crippen LogP) is 3.39. The van der Waals surface area contributed by atoms with Crippen molar-refractivity contribution in [3.05, 3.63) is 53.7 Å². The summed E-state index contributed by atoms with van der Waals surface area (Å²) in [4.78, 5) is 21.1. The number of fused-ring (bicyclic) bond motifs is 1. The van der Waals surface area contributed by atoms with Gasteiger partial charge >= 0.3 is 0 Å². The quantitative estimate of drug-likeness (QED) is 0.563. The fraction of sp³-hybridized carbons (Fsp3) is 0.211. The van der Waals surface area contributed by atoms with Crippen LogP contribution in [0.2, 0.25) is 0 Å². The molecule has 5 rings (SSSR count). The molecule has 9 heteroatoms. The summed E-state index contributed by atoms with van der Waals surface area (Å²) >= 11 is 0. The molecule has 0 spiro atoms. The van der Waals surface area contributed by atoms with Gasteiger partial charge in [0.2, 0.25) is 11.7 Å². The Morgan fingerprint density at radius 3 is 3.00 bits per heavy atom. The number of amides is 1. The topological polar surface area (TPSA) is 110 Å². The van der Waals surface area contributed by atoms with Gasteiger partial charge in [0.25, 0.3) is 5.91 Å². The van der Waals surface area contributed by atoms with E-state index in [1.807, 2.05) is 19.1 Å². The zero-order valence-electron chi connectivity index (χ0n) is 14.8. The van der Waals surface area contributed by atoms with Crippen molar-refractivity contribution in [1.82, 2.24) is 25.3 Å². The van der Waals surface area contributed by atoms with E-state index in [4.69, 9.17) is 4.52 Å². The molecule has 1 saturated carbocycles. The standard InChI is InChI=1S/C19H15FN6O2/c1-9-2-3-10(17-24-19(28-26-17)13-6-14(13)20)5-15(9)23-18(27)12-4-11-8-22-25-16(11)21-7-12/h2-5,7-8,13-14H,6H2,1H3,(H,23,27)(H,21,22,25)/t13-,14-/m0/s1. The van der Waals surface area contributed by atoms with Gasteiger partial charge < -0.3 is 9.84 Å². The zero-order chi connectivity index (χ0) is 19.3. The number of pyridine rings is 1. The Kier molecular flexibility index (Phi) is 3.68. The molecule has 8 nitrogen and oxygen atoms in total. The lowest BCUT2D eigenvalue weighted by atomic mass is 10.1. The first kappa shape index (κ1) is 16.5. The molecule has 1 aliphatic carbocycles.